The highest BCUT2D eigenvalue weighted by atomic mass is 15.1. The quantitative estimate of drug-likeness (QED) is 0.765. The SMILES string of the molecule is CC(CN1CCCCC1)NCCC1CCCC1. The summed E-state index contributed by atoms with van der Waals surface area (Å²) in [6.07, 6.45) is 11.6. The van der Waals surface area contributed by atoms with Gasteiger partial charge in [0, 0.05) is 12.6 Å². The molecule has 2 nitrogen and oxygen atoms in total. The van der Waals surface area contributed by atoms with E-state index in [1.807, 2.05) is 0 Å². The largest absolute Gasteiger partial charge is 0.313 e. The Kier molecular flexibility index (Phi) is 5.79. The molecule has 0 aromatic heterocycles. The lowest BCUT2D eigenvalue weighted by Crippen LogP contribution is -2.41. The van der Waals surface area contributed by atoms with Crippen molar-refractivity contribution in [1.29, 1.82) is 0 Å². The zero-order chi connectivity index (χ0) is 11.9. The average molecular weight is 238 g/mol. The summed E-state index contributed by atoms with van der Waals surface area (Å²) in [5.41, 5.74) is 0. The van der Waals surface area contributed by atoms with Gasteiger partial charge in [0.15, 0.2) is 0 Å². The summed E-state index contributed by atoms with van der Waals surface area (Å²) >= 11 is 0. The fourth-order valence-corrected chi connectivity index (χ4v) is 3.43. The van der Waals surface area contributed by atoms with Gasteiger partial charge in [-0.25, -0.2) is 0 Å². The normalized spacial score (nSPS) is 25.2. The average Bonchev–Trinajstić information content (AvgIpc) is 2.83. The van der Waals surface area contributed by atoms with E-state index >= 15 is 0 Å². The van der Waals surface area contributed by atoms with E-state index in [9.17, 15) is 0 Å². The fourth-order valence-electron chi connectivity index (χ4n) is 3.43. The van der Waals surface area contributed by atoms with Crippen molar-refractivity contribution in [3.05, 3.63) is 0 Å². The molecule has 2 aliphatic rings. The second-order valence-electron chi connectivity index (χ2n) is 6.16. The minimum atomic E-state index is 0.675. The summed E-state index contributed by atoms with van der Waals surface area (Å²) in [6.45, 7) is 7.50. The third-order valence-electron chi connectivity index (χ3n) is 4.50. The van der Waals surface area contributed by atoms with Crippen LogP contribution in [0.2, 0.25) is 0 Å². The Morgan fingerprint density at radius 2 is 1.76 bits per heavy atom. The van der Waals surface area contributed by atoms with Crippen molar-refractivity contribution in [3.8, 4) is 0 Å². The third-order valence-corrected chi connectivity index (χ3v) is 4.50. The topological polar surface area (TPSA) is 15.3 Å². The van der Waals surface area contributed by atoms with Crippen molar-refractivity contribution in [2.24, 2.45) is 5.92 Å². The molecular weight excluding hydrogens is 208 g/mol. The fraction of sp³-hybridized carbons (Fsp3) is 1.00. The molecule has 2 fully saturated rings. The zero-order valence-electron chi connectivity index (χ0n) is 11.6. The first-order chi connectivity index (χ1) is 8.34. The summed E-state index contributed by atoms with van der Waals surface area (Å²) in [4.78, 5) is 2.64. The van der Waals surface area contributed by atoms with E-state index in [0.717, 1.165) is 5.92 Å². The molecule has 1 saturated carbocycles. The molecule has 1 N–H and O–H groups in total. The van der Waals surface area contributed by atoms with Crippen LogP contribution in [0.15, 0.2) is 0 Å². The van der Waals surface area contributed by atoms with Crippen LogP contribution in [-0.4, -0.2) is 37.1 Å². The van der Waals surface area contributed by atoms with Crippen molar-refractivity contribution in [1.82, 2.24) is 10.2 Å². The lowest BCUT2D eigenvalue weighted by molar-refractivity contribution is 0.208. The molecule has 0 aromatic carbocycles. The van der Waals surface area contributed by atoms with E-state index in [0.29, 0.717) is 6.04 Å². The zero-order valence-corrected chi connectivity index (χ0v) is 11.6. The van der Waals surface area contributed by atoms with Crippen LogP contribution >= 0.6 is 0 Å². The van der Waals surface area contributed by atoms with Crippen molar-refractivity contribution in [2.45, 2.75) is 64.3 Å². The lowest BCUT2D eigenvalue weighted by Gasteiger charge is -2.29. The Morgan fingerprint density at radius 3 is 2.47 bits per heavy atom. The van der Waals surface area contributed by atoms with Gasteiger partial charge in [-0.05, 0) is 51.7 Å². The molecule has 0 bridgehead atoms. The maximum atomic E-state index is 3.72. The first kappa shape index (κ1) is 13.4. The number of hydrogen-bond acceptors (Lipinski definition) is 2. The van der Waals surface area contributed by atoms with E-state index in [1.165, 1.54) is 77.5 Å². The number of likely N-dealkylation sites (tertiary alicyclic amines) is 1. The van der Waals surface area contributed by atoms with E-state index in [-0.39, 0.29) is 0 Å². The molecule has 100 valence electrons. The molecule has 2 rings (SSSR count). The molecule has 1 saturated heterocycles. The number of piperidine rings is 1. The first-order valence-corrected chi connectivity index (χ1v) is 7.80. The highest BCUT2D eigenvalue weighted by Gasteiger charge is 2.16. The Bertz CT molecular complexity index is 193. The summed E-state index contributed by atoms with van der Waals surface area (Å²) in [7, 11) is 0. The monoisotopic (exact) mass is 238 g/mol. The van der Waals surface area contributed by atoms with E-state index in [1.54, 1.807) is 0 Å². The van der Waals surface area contributed by atoms with Crippen LogP contribution in [0.25, 0.3) is 0 Å². The Morgan fingerprint density at radius 1 is 1.06 bits per heavy atom. The van der Waals surface area contributed by atoms with Gasteiger partial charge in [-0.2, -0.15) is 0 Å². The molecule has 17 heavy (non-hydrogen) atoms. The first-order valence-electron chi connectivity index (χ1n) is 7.80. The van der Waals surface area contributed by atoms with E-state index in [2.05, 4.69) is 17.1 Å². The maximum absolute atomic E-state index is 3.72. The summed E-state index contributed by atoms with van der Waals surface area (Å²) < 4.78 is 0. The Balaban J connectivity index is 1.52. The van der Waals surface area contributed by atoms with Crippen LogP contribution in [0.3, 0.4) is 0 Å². The minimum absolute atomic E-state index is 0.675. The molecule has 0 spiro atoms. The molecule has 1 aliphatic carbocycles. The summed E-state index contributed by atoms with van der Waals surface area (Å²) in [5.74, 6) is 1.03. The molecule has 1 unspecified atom stereocenters. The Hall–Kier alpha value is -0.0800. The maximum Gasteiger partial charge on any atom is 0.0166 e. The van der Waals surface area contributed by atoms with Gasteiger partial charge in [-0.1, -0.05) is 32.1 Å². The van der Waals surface area contributed by atoms with Crippen molar-refractivity contribution < 1.29 is 0 Å². The van der Waals surface area contributed by atoms with Crippen molar-refractivity contribution in [3.63, 3.8) is 0 Å². The molecule has 2 heteroatoms. The van der Waals surface area contributed by atoms with Gasteiger partial charge >= 0.3 is 0 Å². The lowest BCUT2D eigenvalue weighted by atomic mass is 10.0. The predicted octanol–water partition coefficient (Wildman–Crippen LogP) is 3.03. The van der Waals surface area contributed by atoms with Gasteiger partial charge in [0.1, 0.15) is 0 Å². The highest BCUT2D eigenvalue weighted by molar-refractivity contribution is 4.73. The molecule has 0 aromatic rings. The smallest absolute Gasteiger partial charge is 0.0166 e. The highest BCUT2D eigenvalue weighted by Crippen LogP contribution is 2.26. The number of nitrogens with one attached hydrogen (secondary N) is 1. The van der Waals surface area contributed by atoms with Crippen LogP contribution < -0.4 is 5.32 Å². The molecule has 0 radical (unpaired) electrons. The number of nitrogens with zero attached hydrogens (tertiary/aromatic N) is 1. The minimum Gasteiger partial charge on any atom is -0.313 e. The van der Waals surface area contributed by atoms with Crippen molar-refractivity contribution >= 4 is 0 Å². The van der Waals surface area contributed by atoms with Gasteiger partial charge in [-0.15, -0.1) is 0 Å². The van der Waals surface area contributed by atoms with Crippen LogP contribution in [-0.2, 0) is 0 Å². The molecular formula is C15H30N2. The molecule has 1 heterocycles. The van der Waals surface area contributed by atoms with Gasteiger partial charge in [0.25, 0.3) is 0 Å². The summed E-state index contributed by atoms with van der Waals surface area (Å²) in [5, 5.41) is 3.72. The number of hydrogen-bond donors (Lipinski definition) is 1. The van der Waals surface area contributed by atoms with Crippen LogP contribution in [0.4, 0.5) is 0 Å². The second-order valence-corrected chi connectivity index (χ2v) is 6.16. The van der Waals surface area contributed by atoms with E-state index < -0.39 is 0 Å². The Labute approximate surface area is 107 Å². The summed E-state index contributed by atoms with van der Waals surface area (Å²) in [6, 6.07) is 0.675. The number of rotatable bonds is 6. The molecule has 1 atom stereocenters. The van der Waals surface area contributed by atoms with Gasteiger partial charge < -0.3 is 10.2 Å². The predicted molar refractivity (Wildman–Crippen MR) is 74.3 cm³/mol. The van der Waals surface area contributed by atoms with Crippen LogP contribution in [0, 0.1) is 5.92 Å². The van der Waals surface area contributed by atoms with Gasteiger partial charge in [-0.3, -0.25) is 0 Å². The standard InChI is InChI=1S/C15H30N2/c1-14(13-17-11-5-2-6-12-17)16-10-9-15-7-3-4-8-15/h14-16H,2-13H2,1H3. The van der Waals surface area contributed by atoms with Gasteiger partial charge in [0.2, 0.25) is 0 Å². The third kappa shape index (κ3) is 4.97. The van der Waals surface area contributed by atoms with Crippen molar-refractivity contribution in [2.75, 3.05) is 26.2 Å². The van der Waals surface area contributed by atoms with Gasteiger partial charge in [0.05, 0.1) is 0 Å². The van der Waals surface area contributed by atoms with Crippen LogP contribution in [0.1, 0.15) is 58.3 Å². The molecule has 1 aliphatic heterocycles. The molecule has 0 amide bonds. The van der Waals surface area contributed by atoms with E-state index in [4.69, 9.17) is 0 Å². The van der Waals surface area contributed by atoms with Crippen LogP contribution in [0.5, 0.6) is 0 Å². The second kappa shape index (κ2) is 7.38.